The number of hydrogen-bond acceptors (Lipinski definition) is 2. The summed E-state index contributed by atoms with van der Waals surface area (Å²) in [5.41, 5.74) is 0.928. The maximum atomic E-state index is 13.8. The summed E-state index contributed by atoms with van der Waals surface area (Å²) in [5, 5.41) is 3.57. The van der Waals surface area contributed by atoms with Crippen LogP contribution in [0.3, 0.4) is 0 Å². The van der Waals surface area contributed by atoms with E-state index < -0.39 is 17.7 Å². The smallest absolute Gasteiger partial charge is 0.416 e. The highest BCUT2D eigenvalue weighted by Crippen LogP contribution is 2.41. The fourth-order valence-corrected chi connectivity index (χ4v) is 3.95. The van der Waals surface area contributed by atoms with Crippen LogP contribution in [0.4, 0.5) is 13.2 Å². The molecule has 2 heterocycles. The van der Waals surface area contributed by atoms with Crippen LogP contribution < -0.4 is 5.32 Å². The number of nitrogens with one attached hydrogen (secondary N) is 1. The van der Waals surface area contributed by atoms with Gasteiger partial charge in [0.25, 0.3) is 0 Å². The van der Waals surface area contributed by atoms with E-state index in [-0.39, 0.29) is 24.4 Å². The number of aromatic nitrogens is 1. The van der Waals surface area contributed by atoms with Gasteiger partial charge in [-0.3, -0.25) is 4.79 Å². The van der Waals surface area contributed by atoms with Crippen LogP contribution in [0.25, 0.3) is 10.9 Å². The maximum Gasteiger partial charge on any atom is 0.416 e. The Kier molecular flexibility index (Phi) is 5.59. The largest absolute Gasteiger partial charge is 0.467 e. The minimum absolute atomic E-state index is 0.0829. The Balaban J connectivity index is 1.75. The van der Waals surface area contributed by atoms with E-state index in [9.17, 15) is 18.0 Å². The van der Waals surface area contributed by atoms with Crippen LogP contribution in [0.2, 0.25) is 0 Å². The SMILES string of the molecule is Cn1cc(C(CC(=O)NCc2ccco2)c2ccccc2C(F)(F)F)c2ccccc21. The Morgan fingerprint density at radius 3 is 2.52 bits per heavy atom. The number of alkyl halides is 3. The number of furan rings is 1. The van der Waals surface area contributed by atoms with Gasteiger partial charge in [-0.05, 0) is 35.4 Å². The fourth-order valence-electron chi connectivity index (χ4n) is 3.95. The predicted octanol–water partition coefficient (Wildman–Crippen LogP) is 5.63. The van der Waals surface area contributed by atoms with Crippen LogP contribution in [0.5, 0.6) is 0 Å². The minimum Gasteiger partial charge on any atom is -0.467 e. The molecule has 0 bridgehead atoms. The zero-order valence-corrected chi connectivity index (χ0v) is 16.8. The molecule has 1 amide bonds. The molecule has 4 rings (SSSR count). The molecule has 31 heavy (non-hydrogen) atoms. The molecule has 1 atom stereocenters. The molecule has 1 N–H and O–H groups in total. The lowest BCUT2D eigenvalue weighted by atomic mass is 9.85. The normalized spacial score (nSPS) is 12.8. The van der Waals surface area contributed by atoms with Crippen molar-refractivity contribution in [3.05, 3.63) is 95.6 Å². The molecule has 0 saturated carbocycles. The van der Waals surface area contributed by atoms with E-state index in [1.165, 1.54) is 18.4 Å². The van der Waals surface area contributed by atoms with E-state index in [1.54, 1.807) is 18.2 Å². The van der Waals surface area contributed by atoms with Gasteiger partial charge in [-0.1, -0.05) is 36.4 Å². The van der Waals surface area contributed by atoms with Gasteiger partial charge in [0.15, 0.2) is 0 Å². The quantitative estimate of drug-likeness (QED) is 0.435. The van der Waals surface area contributed by atoms with Crippen LogP contribution >= 0.6 is 0 Å². The first kappa shape index (κ1) is 20.8. The molecule has 2 aromatic heterocycles. The predicted molar refractivity (Wildman–Crippen MR) is 111 cm³/mol. The third kappa shape index (κ3) is 4.35. The zero-order chi connectivity index (χ0) is 22.0. The molecule has 4 aromatic rings. The lowest BCUT2D eigenvalue weighted by Gasteiger charge is -2.21. The van der Waals surface area contributed by atoms with Crippen molar-refractivity contribution in [1.29, 1.82) is 0 Å². The number of carbonyl (C=O) groups excluding carboxylic acids is 1. The van der Waals surface area contributed by atoms with E-state index in [0.717, 1.165) is 17.0 Å². The first-order valence-corrected chi connectivity index (χ1v) is 9.83. The summed E-state index contributed by atoms with van der Waals surface area (Å²) < 4.78 is 48.5. The van der Waals surface area contributed by atoms with Crippen LogP contribution in [0.1, 0.15) is 34.8 Å². The Morgan fingerprint density at radius 2 is 1.77 bits per heavy atom. The number of aryl methyl sites for hydroxylation is 1. The van der Waals surface area contributed by atoms with Gasteiger partial charge in [0.1, 0.15) is 5.76 Å². The first-order valence-electron chi connectivity index (χ1n) is 9.83. The molecular weight excluding hydrogens is 405 g/mol. The van der Waals surface area contributed by atoms with Crippen molar-refractivity contribution in [2.45, 2.75) is 25.1 Å². The highest BCUT2D eigenvalue weighted by Gasteiger charge is 2.36. The monoisotopic (exact) mass is 426 g/mol. The highest BCUT2D eigenvalue weighted by atomic mass is 19.4. The highest BCUT2D eigenvalue weighted by molar-refractivity contribution is 5.86. The minimum atomic E-state index is -4.52. The lowest BCUT2D eigenvalue weighted by Crippen LogP contribution is -2.25. The molecule has 0 aliphatic carbocycles. The van der Waals surface area contributed by atoms with Gasteiger partial charge in [0.2, 0.25) is 5.91 Å². The lowest BCUT2D eigenvalue weighted by molar-refractivity contribution is -0.138. The van der Waals surface area contributed by atoms with E-state index in [0.29, 0.717) is 11.3 Å². The number of halogens is 3. The maximum absolute atomic E-state index is 13.8. The van der Waals surface area contributed by atoms with Gasteiger partial charge < -0.3 is 14.3 Å². The van der Waals surface area contributed by atoms with Gasteiger partial charge in [-0.15, -0.1) is 0 Å². The molecule has 0 aliphatic rings. The van der Waals surface area contributed by atoms with Gasteiger partial charge in [0, 0.05) is 36.5 Å². The van der Waals surface area contributed by atoms with Crippen molar-refractivity contribution < 1.29 is 22.4 Å². The summed E-state index contributed by atoms with van der Waals surface area (Å²) in [7, 11) is 1.84. The van der Waals surface area contributed by atoms with E-state index in [4.69, 9.17) is 4.42 Å². The fraction of sp³-hybridized carbons (Fsp3) is 0.208. The van der Waals surface area contributed by atoms with Crippen molar-refractivity contribution >= 4 is 16.8 Å². The second kappa shape index (κ2) is 8.34. The molecule has 160 valence electrons. The van der Waals surface area contributed by atoms with Crippen LogP contribution in [-0.4, -0.2) is 10.5 Å². The molecule has 0 radical (unpaired) electrons. The standard InChI is InChI=1S/C24H21F3N2O2/c1-29-15-20(18-9-3-5-11-22(18)29)19(13-23(30)28-14-16-7-6-12-31-16)17-8-2-4-10-21(17)24(25,26)27/h2-12,15,19H,13-14H2,1H3,(H,28,30). The second-order valence-electron chi connectivity index (χ2n) is 7.41. The number of fused-ring (bicyclic) bond motifs is 1. The van der Waals surface area contributed by atoms with E-state index >= 15 is 0 Å². The molecule has 2 aromatic carbocycles. The number of rotatable bonds is 6. The van der Waals surface area contributed by atoms with Crippen molar-refractivity contribution in [2.75, 3.05) is 0 Å². The summed E-state index contributed by atoms with van der Waals surface area (Å²) in [6.07, 6.45) is -1.34. The number of carbonyl (C=O) groups is 1. The van der Waals surface area contributed by atoms with E-state index in [2.05, 4.69) is 5.32 Å². The molecule has 1 unspecified atom stereocenters. The van der Waals surface area contributed by atoms with Crippen molar-refractivity contribution in [3.8, 4) is 0 Å². The molecule has 4 nitrogen and oxygen atoms in total. The summed E-state index contributed by atoms with van der Waals surface area (Å²) in [6.45, 7) is 0.176. The Labute approximate surface area is 177 Å². The molecule has 0 aliphatic heterocycles. The van der Waals surface area contributed by atoms with Crippen molar-refractivity contribution in [2.24, 2.45) is 7.05 Å². The van der Waals surface area contributed by atoms with Crippen LogP contribution in [0, 0.1) is 0 Å². The number of benzene rings is 2. The molecular formula is C24H21F3N2O2. The summed E-state index contributed by atoms with van der Waals surface area (Å²) in [5.74, 6) is -0.544. The Morgan fingerprint density at radius 1 is 1.03 bits per heavy atom. The average Bonchev–Trinajstić information content (AvgIpc) is 3.38. The average molecular weight is 426 g/mol. The van der Waals surface area contributed by atoms with Gasteiger partial charge >= 0.3 is 6.18 Å². The molecule has 0 fully saturated rings. The van der Waals surface area contributed by atoms with Crippen molar-refractivity contribution in [1.82, 2.24) is 9.88 Å². The Bertz CT molecular complexity index is 1190. The second-order valence-corrected chi connectivity index (χ2v) is 7.41. The number of para-hydroxylation sites is 1. The molecule has 0 saturated heterocycles. The van der Waals surface area contributed by atoms with E-state index in [1.807, 2.05) is 42.1 Å². The summed E-state index contributed by atoms with van der Waals surface area (Å²) in [6, 6.07) is 16.4. The van der Waals surface area contributed by atoms with Crippen molar-refractivity contribution in [3.63, 3.8) is 0 Å². The third-order valence-corrected chi connectivity index (χ3v) is 5.37. The van der Waals surface area contributed by atoms with Crippen LogP contribution in [0.15, 0.2) is 77.5 Å². The number of nitrogens with zero attached hydrogens (tertiary/aromatic N) is 1. The van der Waals surface area contributed by atoms with Gasteiger partial charge in [-0.2, -0.15) is 13.2 Å². The molecule has 0 spiro atoms. The summed E-state index contributed by atoms with van der Waals surface area (Å²) in [4.78, 5) is 12.8. The zero-order valence-electron chi connectivity index (χ0n) is 16.8. The van der Waals surface area contributed by atoms with Gasteiger partial charge in [-0.25, -0.2) is 0 Å². The van der Waals surface area contributed by atoms with Gasteiger partial charge in [0.05, 0.1) is 18.4 Å². The topological polar surface area (TPSA) is 47.2 Å². The Hall–Kier alpha value is -3.48. The molecule has 7 heteroatoms. The number of hydrogen-bond donors (Lipinski definition) is 1. The van der Waals surface area contributed by atoms with Crippen LogP contribution in [-0.2, 0) is 24.6 Å². The third-order valence-electron chi connectivity index (χ3n) is 5.37. The summed E-state index contributed by atoms with van der Waals surface area (Å²) >= 11 is 0. The first-order chi connectivity index (χ1) is 14.8. The number of amides is 1.